The van der Waals surface area contributed by atoms with Gasteiger partial charge in [-0.05, 0) is 55.7 Å². The number of benzene rings is 1. The number of amides is 1. The van der Waals surface area contributed by atoms with Crippen LogP contribution in [0.15, 0.2) is 48.9 Å². The Labute approximate surface area is 179 Å². The molecule has 0 atom stereocenters. The third kappa shape index (κ3) is 4.41. The van der Waals surface area contributed by atoms with Crippen molar-refractivity contribution in [2.45, 2.75) is 25.7 Å². The van der Waals surface area contributed by atoms with Crippen molar-refractivity contribution >= 4 is 29.1 Å². The van der Waals surface area contributed by atoms with E-state index in [1.165, 1.54) is 0 Å². The van der Waals surface area contributed by atoms with Crippen LogP contribution in [0.3, 0.4) is 0 Å². The van der Waals surface area contributed by atoms with Gasteiger partial charge in [0.15, 0.2) is 0 Å². The van der Waals surface area contributed by atoms with Gasteiger partial charge in [0.25, 0.3) is 5.91 Å². The van der Waals surface area contributed by atoms with Gasteiger partial charge in [0.1, 0.15) is 5.82 Å². The number of pyridine rings is 1. The van der Waals surface area contributed by atoms with E-state index in [1.54, 1.807) is 30.6 Å². The van der Waals surface area contributed by atoms with Gasteiger partial charge >= 0.3 is 0 Å². The van der Waals surface area contributed by atoms with Gasteiger partial charge in [-0.1, -0.05) is 23.2 Å². The maximum Gasteiger partial charge on any atom is 0.253 e. The molecule has 1 amide bonds. The highest BCUT2D eigenvalue weighted by atomic mass is 35.5. The van der Waals surface area contributed by atoms with Crippen LogP contribution in [0.25, 0.3) is 11.1 Å². The Balaban J connectivity index is 1.53. The minimum atomic E-state index is -0.0407. The number of likely N-dealkylation sites (tertiary alicyclic amines) is 1. The van der Waals surface area contributed by atoms with Crippen molar-refractivity contribution in [3.8, 4) is 11.1 Å². The van der Waals surface area contributed by atoms with Gasteiger partial charge in [0.2, 0.25) is 0 Å². The molecular weight excluding hydrogens is 407 g/mol. The van der Waals surface area contributed by atoms with Crippen LogP contribution >= 0.6 is 23.2 Å². The zero-order valence-electron chi connectivity index (χ0n) is 16.0. The fraction of sp³-hybridized carbons (Fsp3) is 0.273. The van der Waals surface area contributed by atoms with Crippen molar-refractivity contribution < 1.29 is 4.79 Å². The molecule has 1 saturated heterocycles. The number of carbonyl (C=O) groups excluding carboxylic acids is 1. The number of aryl methyl sites for hydroxylation is 1. The zero-order chi connectivity index (χ0) is 20.4. The summed E-state index contributed by atoms with van der Waals surface area (Å²) >= 11 is 12.1. The molecule has 29 heavy (non-hydrogen) atoms. The number of hydrogen-bond acceptors (Lipinski definition) is 4. The van der Waals surface area contributed by atoms with Gasteiger partial charge in [0.05, 0.1) is 5.69 Å². The molecule has 1 aliphatic heterocycles. The van der Waals surface area contributed by atoms with E-state index in [9.17, 15) is 4.79 Å². The van der Waals surface area contributed by atoms with Crippen LogP contribution in [0.5, 0.6) is 0 Å². The van der Waals surface area contributed by atoms with Gasteiger partial charge in [-0.25, -0.2) is 9.97 Å². The van der Waals surface area contributed by atoms with E-state index in [0.717, 1.165) is 35.5 Å². The van der Waals surface area contributed by atoms with Crippen LogP contribution in [-0.2, 0) is 0 Å². The highest BCUT2D eigenvalue weighted by Crippen LogP contribution is 2.34. The first-order valence-corrected chi connectivity index (χ1v) is 10.3. The van der Waals surface area contributed by atoms with E-state index in [1.807, 2.05) is 30.2 Å². The average molecular weight is 427 g/mol. The number of hydrogen-bond donors (Lipinski definition) is 0. The normalized spacial score (nSPS) is 14.8. The van der Waals surface area contributed by atoms with Gasteiger partial charge < -0.3 is 4.90 Å². The lowest BCUT2D eigenvalue weighted by molar-refractivity contribution is 0.0712. The molecule has 0 saturated carbocycles. The Morgan fingerprint density at radius 2 is 1.72 bits per heavy atom. The summed E-state index contributed by atoms with van der Waals surface area (Å²) in [7, 11) is 0. The summed E-state index contributed by atoms with van der Waals surface area (Å²) < 4.78 is 0. The second-order valence-electron chi connectivity index (χ2n) is 7.18. The van der Waals surface area contributed by atoms with E-state index in [-0.39, 0.29) is 11.8 Å². The zero-order valence-corrected chi connectivity index (χ0v) is 17.5. The topological polar surface area (TPSA) is 59.0 Å². The Morgan fingerprint density at radius 3 is 2.38 bits per heavy atom. The van der Waals surface area contributed by atoms with Gasteiger partial charge in [-0.15, -0.1) is 0 Å². The number of nitrogens with zero attached hydrogens (tertiary/aromatic N) is 4. The molecule has 7 heteroatoms. The lowest BCUT2D eigenvalue weighted by Gasteiger charge is -2.32. The van der Waals surface area contributed by atoms with Crippen molar-refractivity contribution in [1.29, 1.82) is 0 Å². The third-order valence-electron chi connectivity index (χ3n) is 5.21. The molecule has 0 radical (unpaired) electrons. The van der Waals surface area contributed by atoms with Crippen molar-refractivity contribution in [1.82, 2.24) is 19.9 Å². The average Bonchev–Trinajstić information content (AvgIpc) is 2.73. The molecule has 5 nitrogen and oxygen atoms in total. The van der Waals surface area contributed by atoms with Gasteiger partial charge in [0, 0.05) is 58.8 Å². The van der Waals surface area contributed by atoms with E-state index in [2.05, 4.69) is 9.97 Å². The first-order valence-electron chi connectivity index (χ1n) is 9.50. The van der Waals surface area contributed by atoms with E-state index in [0.29, 0.717) is 28.7 Å². The minimum Gasteiger partial charge on any atom is -0.339 e. The van der Waals surface area contributed by atoms with Crippen LogP contribution in [0.1, 0.15) is 40.6 Å². The Bertz CT molecular complexity index is 1010. The summed E-state index contributed by atoms with van der Waals surface area (Å²) in [5.41, 5.74) is 3.66. The lowest BCUT2D eigenvalue weighted by Crippen LogP contribution is -2.38. The molecule has 1 fully saturated rings. The maximum absolute atomic E-state index is 12.9. The molecule has 3 heterocycles. The van der Waals surface area contributed by atoms with Crippen LogP contribution in [0, 0.1) is 6.92 Å². The second-order valence-corrected chi connectivity index (χ2v) is 8.05. The van der Waals surface area contributed by atoms with Crippen molar-refractivity contribution in [2.24, 2.45) is 0 Å². The summed E-state index contributed by atoms with van der Waals surface area (Å²) in [6.07, 6.45) is 7.12. The molecule has 1 aromatic carbocycles. The quantitative estimate of drug-likeness (QED) is 0.579. The highest BCUT2D eigenvalue weighted by molar-refractivity contribution is 6.35. The first-order chi connectivity index (χ1) is 14.0. The van der Waals surface area contributed by atoms with Crippen LogP contribution < -0.4 is 0 Å². The number of carbonyl (C=O) groups is 1. The predicted molar refractivity (Wildman–Crippen MR) is 114 cm³/mol. The monoisotopic (exact) mass is 426 g/mol. The summed E-state index contributed by atoms with van der Waals surface area (Å²) in [6, 6.07) is 8.90. The SMILES string of the molecule is Cc1ncc(-c2ccncc2)c(C2CCN(C(=O)c3cc(Cl)cc(Cl)c3)CC2)n1. The van der Waals surface area contributed by atoms with Gasteiger partial charge in [-0.2, -0.15) is 0 Å². The summed E-state index contributed by atoms with van der Waals surface area (Å²) in [5.74, 6) is 0.984. The third-order valence-corrected chi connectivity index (χ3v) is 5.64. The predicted octanol–water partition coefficient (Wildman–Crippen LogP) is 5.17. The molecule has 0 spiro atoms. The van der Waals surface area contributed by atoms with Crippen LogP contribution in [0.2, 0.25) is 10.0 Å². The summed E-state index contributed by atoms with van der Waals surface area (Å²) in [5, 5.41) is 0.934. The van der Waals surface area contributed by atoms with Crippen molar-refractivity contribution in [3.63, 3.8) is 0 Å². The van der Waals surface area contributed by atoms with E-state index < -0.39 is 0 Å². The number of halogens is 2. The highest BCUT2D eigenvalue weighted by Gasteiger charge is 2.27. The first kappa shape index (κ1) is 19.8. The van der Waals surface area contributed by atoms with Crippen molar-refractivity contribution in [3.05, 3.63) is 76.0 Å². The molecule has 0 N–H and O–H groups in total. The summed E-state index contributed by atoms with van der Waals surface area (Å²) in [6.45, 7) is 3.22. The summed E-state index contributed by atoms with van der Waals surface area (Å²) in [4.78, 5) is 28.0. The number of piperidine rings is 1. The fourth-order valence-corrected chi connectivity index (χ4v) is 4.29. The molecule has 0 bridgehead atoms. The molecular formula is C22H20Cl2N4O. The van der Waals surface area contributed by atoms with Crippen LogP contribution in [-0.4, -0.2) is 38.8 Å². The smallest absolute Gasteiger partial charge is 0.253 e. The Kier molecular flexibility index (Phi) is 5.79. The minimum absolute atomic E-state index is 0.0407. The second kappa shape index (κ2) is 8.47. The molecule has 3 aromatic rings. The number of aromatic nitrogens is 3. The largest absolute Gasteiger partial charge is 0.339 e. The molecule has 1 aliphatic rings. The lowest BCUT2D eigenvalue weighted by atomic mass is 9.89. The molecule has 0 unspecified atom stereocenters. The molecule has 4 rings (SSSR count). The fourth-order valence-electron chi connectivity index (χ4n) is 3.77. The van der Waals surface area contributed by atoms with Crippen LogP contribution in [0.4, 0.5) is 0 Å². The molecule has 2 aromatic heterocycles. The van der Waals surface area contributed by atoms with Gasteiger partial charge in [-0.3, -0.25) is 9.78 Å². The molecule has 0 aliphatic carbocycles. The van der Waals surface area contributed by atoms with E-state index in [4.69, 9.17) is 28.2 Å². The maximum atomic E-state index is 12.9. The number of rotatable bonds is 3. The van der Waals surface area contributed by atoms with Crippen molar-refractivity contribution in [2.75, 3.05) is 13.1 Å². The Morgan fingerprint density at radius 1 is 1.07 bits per heavy atom. The Hall–Kier alpha value is -2.50. The molecule has 148 valence electrons. The standard InChI is InChI=1S/C22H20Cl2N4O/c1-14-26-13-20(15-2-6-25-7-3-15)21(27-14)16-4-8-28(9-5-16)22(29)17-10-18(23)12-19(24)11-17/h2-3,6-7,10-13,16H,4-5,8-9H2,1H3. The van der Waals surface area contributed by atoms with E-state index >= 15 is 0 Å².